The highest BCUT2D eigenvalue weighted by Crippen LogP contribution is 2.30. The summed E-state index contributed by atoms with van der Waals surface area (Å²) in [4.78, 5) is 24.7. The third-order valence-electron chi connectivity index (χ3n) is 4.22. The number of benzene rings is 1. The highest BCUT2D eigenvalue weighted by atomic mass is 16.5. The Bertz CT molecular complexity index is 693. The van der Waals surface area contributed by atoms with Crippen LogP contribution in [0.2, 0.25) is 0 Å². The van der Waals surface area contributed by atoms with Gasteiger partial charge in [0.25, 0.3) is 0 Å². The Hall–Kier alpha value is -2.34. The van der Waals surface area contributed by atoms with Crippen LogP contribution in [0.3, 0.4) is 0 Å². The van der Waals surface area contributed by atoms with Crippen molar-refractivity contribution in [1.29, 1.82) is 0 Å². The number of ketones is 1. The topological polar surface area (TPSA) is 93.1 Å². The maximum atomic E-state index is 12.4. The molecule has 0 aliphatic carbocycles. The molecule has 2 heterocycles. The molecule has 2 aliphatic heterocycles. The van der Waals surface area contributed by atoms with Gasteiger partial charge in [-0.2, -0.15) is 0 Å². The number of carbonyl (C=O) groups is 2. The fourth-order valence-electron chi connectivity index (χ4n) is 3.20. The molecule has 0 radical (unpaired) electrons. The number of rotatable bonds is 0. The minimum Gasteiger partial charge on any atom is -0.508 e. The molecule has 0 aromatic heterocycles. The van der Waals surface area contributed by atoms with E-state index in [1.165, 1.54) is 6.07 Å². The molecule has 2 N–H and O–H groups in total. The van der Waals surface area contributed by atoms with Gasteiger partial charge in [0.15, 0.2) is 0 Å². The third-order valence-corrected chi connectivity index (χ3v) is 4.22. The van der Waals surface area contributed by atoms with E-state index in [0.29, 0.717) is 12.8 Å². The second-order valence-corrected chi connectivity index (χ2v) is 6.33. The first-order valence-electron chi connectivity index (χ1n) is 8.02. The molecule has 128 valence electrons. The summed E-state index contributed by atoms with van der Waals surface area (Å²) in [6.07, 6.45) is 4.36. The molecular weight excluding hydrogens is 312 g/mol. The average Bonchev–Trinajstić information content (AvgIpc) is 2.45. The highest BCUT2D eigenvalue weighted by molar-refractivity contribution is 5.96. The second kappa shape index (κ2) is 6.65. The predicted molar refractivity (Wildman–Crippen MR) is 85.0 cm³/mol. The van der Waals surface area contributed by atoms with Crippen LogP contribution in [0.4, 0.5) is 0 Å². The summed E-state index contributed by atoms with van der Waals surface area (Å²) in [6, 6.07) is 2.39. The molecule has 0 spiro atoms. The molecule has 6 heteroatoms. The van der Waals surface area contributed by atoms with E-state index in [1.54, 1.807) is 6.92 Å². The number of carbonyl (C=O) groups excluding carboxylic acids is 2. The normalized spacial score (nSPS) is 27.6. The summed E-state index contributed by atoms with van der Waals surface area (Å²) in [7, 11) is 0. The van der Waals surface area contributed by atoms with Crippen molar-refractivity contribution in [2.75, 3.05) is 0 Å². The SMILES string of the molecule is CC1CC2C=CCC(CC(=O)Cc3cc(O)cc(O)c3C(=O)O1)O2. The number of Topliss-reactive ketones (excluding diaryl/α,β-unsaturated/α-hetero) is 1. The molecule has 0 fully saturated rings. The minimum atomic E-state index is -0.709. The van der Waals surface area contributed by atoms with Crippen molar-refractivity contribution in [2.24, 2.45) is 0 Å². The van der Waals surface area contributed by atoms with Crippen molar-refractivity contribution in [3.63, 3.8) is 0 Å². The number of ether oxygens (including phenoxy) is 2. The molecule has 3 unspecified atom stereocenters. The van der Waals surface area contributed by atoms with Crippen molar-refractivity contribution in [2.45, 2.75) is 50.9 Å². The molecule has 3 atom stereocenters. The van der Waals surface area contributed by atoms with Crippen molar-refractivity contribution >= 4 is 11.8 Å². The summed E-state index contributed by atoms with van der Waals surface area (Å²) in [5.74, 6) is -1.42. The quantitative estimate of drug-likeness (QED) is 0.559. The Kier molecular flexibility index (Phi) is 4.57. The molecule has 24 heavy (non-hydrogen) atoms. The number of phenolic OH excluding ortho intramolecular Hbond substituents is 2. The number of phenols is 2. The van der Waals surface area contributed by atoms with E-state index < -0.39 is 12.1 Å². The monoisotopic (exact) mass is 332 g/mol. The Morgan fingerprint density at radius 3 is 2.79 bits per heavy atom. The van der Waals surface area contributed by atoms with Crippen LogP contribution in [0.5, 0.6) is 11.5 Å². The van der Waals surface area contributed by atoms with Crippen LogP contribution >= 0.6 is 0 Å². The van der Waals surface area contributed by atoms with E-state index in [4.69, 9.17) is 9.47 Å². The third kappa shape index (κ3) is 3.59. The van der Waals surface area contributed by atoms with Gasteiger partial charge in [-0.05, 0) is 25.0 Å². The van der Waals surface area contributed by atoms with E-state index >= 15 is 0 Å². The summed E-state index contributed by atoms with van der Waals surface area (Å²) in [6.45, 7) is 1.76. The largest absolute Gasteiger partial charge is 0.508 e. The summed E-state index contributed by atoms with van der Waals surface area (Å²) in [5.41, 5.74) is 0.202. The van der Waals surface area contributed by atoms with Crippen molar-refractivity contribution < 1.29 is 29.3 Å². The van der Waals surface area contributed by atoms with Crippen LogP contribution in [0, 0.1) is 0 Å². The first-order chi connectivity index (χ1) is 11.4. The molecule has 1 aromatic rings. The van der Waals surface area contributed by atoms with E-state index in [2.05, 4.69) is 0 Å². The van der Waals surface area contributed by atoms with Gasteiger partial charge in [-0.3, -0.25) is 4.79 Å². The zero-order chi connectivity index (χ0) is 17.3. The van der Waals surface area contributed by atoms with Crippen LogP contribution in [-0.4, -0.2) is 40.3 Å². The first-order valence-corrected chi connectivity index (χ1v) is 8.02. The van der Waals surface area contributed by atoms with Gasteiger partial charge < -0.3 is 19.7 Å². The minimum absolute atomic E-state index is 0.0600. The molecule has 6 nitrogen and oxygen atoms in total. The molecule has 2 aliphatic rings. The highest BCUT2D eigenvalue weighted by Gasteiger charge is 2.28. The van der Waals surface area contributed by atoms with Crippen LogP contribution in [0.1, 0.15) is 42.1 Å². The number of aromatic hydroxyl groups is 2. The van der Waals surface area contributed by atoms with Gasteiger partial charge in [-0.1, -0.05) is 12.2 Å². The fourth-order valence-corrected chi connectivity index (χ4v) is 3.20. The maximum Gasteiger partial charge on any atom is 0.342 e. The van der Waals surface area contributed by atoms with Gasteiger partial charge in [0, 0.05) is 25.3 Å². The molecule has 0 saturated heterocycles. The predicted octanol–water partition coefficient (Wildman–Crippen LogP) is 2.26. The fraction of sp³-hybridized carbons (Fsp3) is 0.444. The summed E-state index contributed by atoms with van der Waals surface area (Å²) >= 11 is 0. The summed E-state index contributed by atoms with van der Waals surface area (Å²) < 4.78 is 11.3. The van der Waals surface area contributed by atoms with Crippen molar-refractivity contribution in [3.8, 4) is 11.5 Å². The van der Waals surface area contributed by atoms with Gasteiger partial charge in [0.1, 0.15) is 28.9 Å². The van der Waals surface area contributed by atoms with Gasteiger partial charge in [-0.25, -0.2) is 4.79 Å². The van der Waals surface area contributed by atoms with Gasteiger partial charge in [0.05, 0.1) is 12.2 Å². The van der Waals surface area contributed by atoms with Crippen LogP contribution in [0.25, 0.3) is 0 Å². The lowest BCUT2D eigenvalue weighted by atomic mass is 9.96. The number of hydrogen-bond donors (Lipinski definition) is 2. The van der Waals surface area contributed by atoms with Crippen molar-refractivity contribution in [3.05, 3.63) is 35.4 Å². The number of esters is 1. The number of hydrogen-bond acceptors (Lipinski definition) is 6. The van der Waals surface area contributed by atoms with Crippen molar-refractivity contribution in [1.82, 2.24) is 0 Å². The average molecular weight is 332 g/mol. The van der Waals surface area contributed by atoms with E-state index in [1.807, 2.05) is 12.2 Å². The first kappa shape index (κ1) is 16.5. The second-order valence-electron chi connectivity index (χ2n) is 6.33. The standard InChI is InChI=1S/C18H20O6/c1-10-5-14-3-2-4-15(24-14)8-12(19)6-11-7-13(20)9-16(21)17(11)18(22)23-10/h2-3,7,9-10,14-15,20-21H,4-6,8H2,1H3. The molecule has 2 bridgehead atoms. The van der Waals surface area contributed by atoms with E-state index in [0.717, 1.165) is 6.07 Å². The van der Waals surface area contributed by atoms with Crippen LogP contribution in [-0.2, 0) is 20.7 Å². The van der Waals surface area contributed by atoms with E-state index in [9.17, 15) is 19.8 Å². The number of cyclic esters (lactones) is 1. The Morgan fingerprint density at radius 2 is 2.00 bits per heavy atom. The summed E-state index contributed by atoms with van der Waals surface area (Å²) in [5, 5.41) is 19.7. The Labute approximate surface area is 139 Å². The molecular formula is C18H20O6. The van der Waals surface area contributed by atoms with Crippen LogP contribution in [0.15, 0.2) is 24.3 Å². The van der Waals surface area contributed by atoms with E-state index in [-0.39, 0.29) is 53.5 Å². The number of fused-ring (bicyclic) bond motifs is 3. The zero-order valence-electron chi connectivity index (χ0n) is 13.4. The lowest BCUT2D eigenvalue weighted by molar-refractivity contribution is -0.122. The molecule has 1 aromatic carbocycles. The smallest absolute Gasteiger partial charge is 0.342 e. The lowest BCUT2D eigenvalue weighted by Gasteiger charge is -2.28. The van der Waals surface area contributed by atoms with Gasteiger partial charge in [-0.15, -0.1) is 0 Å². The maximum absolute atomic E-state index is 12.4. The Morgan fingerprint density at radius 1 is 1.21 bits per heavy atom. The van der Waals surface area contributed by atoms with Gasteiger partial charge >= 0.3 is 5.97 Å². The zero-order valence-corrected chi connectivity index (χ0v) is 13.4. The van der Waals surface area contributed by atoms with Gasteiger partial charge in [0.2, 0.25) is 0 Å². The molecule has 0 saturated carbocycles. The van der Waals surface area contributed by atoms with Crippen LogP contribution < -0.4 is 0 Å². The molecule has 3 rings (SSSR count). The Balaban J connectivity index is 1.97. The molecule has 0 amide bonds. The lowest BCUT2D eigenvalue weighted by Crippen LogP contribution is -2.31.